The van der Waals surface area contributed by atoms with Crippen LogP contribution in [0.1, 0.15) is 35.8 Å². The number of nitrogens with zero attached hydrogens (tertiary/aromatic N) is 3. The molecule has 184 valence electrons. The lowest BCUT2D eigenvalue weighted by molar-refractivity contribution is 0.0321. The highest BCUT2D eigenvalue weighted by Crippen LogP contribution is 2.28. The van der Waals surface area contributed by atoms with E-state index >= 15 is 0 Å². The molecular weight excluding hydrogens is 430 g/mol. The molecule has 2 saturated heterocycles. The minimum Gasteiger partial charge on any atom is -0.491 e. The Morgan fingerprint density at radius 1 is 1.03 bits per heavy atom. The molecule has 2 aromatic rings. The highest BCUT2D eigenvalue weighted by molar-refractivity contribution is 5.97. The van der Waals surface area contributed by atoms with E-state index in [2.05, 4.69) is 29.0 Å². The molecule has 0 aliphatic carbocycles. The number of amides is 1. The average molecular weight is 468 g/mol. The van der Waals surface area contributed by atoms with Crippen molar-refractivity contribution in [1.82, 2.24) is 14.7 Å². The van der Waals surface area contributed by atoms with Gasteiger partial charge in [-0.3, -0.25) is 14.6 Å². The van der Waals surface area contributed by atoms with Crippen molar-refractivity contribution in [1.29, 1.82) is 0 Å². The van der Waals surface area contributed by atoms with Crippen LogP contribution in [0.5, 0.6) is 11.5 Å². The number of morpholine rings is 1. The second kappa shape index (κ2) is 11.7. The van der Waals surface area contributed by atoms with Gasteiger partial charge in [-0.25, -0.2) is 0 Å². The molecule has 2 heterocycles. The summed E-state index contributed by atoms with van der Waals surface area (Å²) >= 11 is 0. The van der Waals surface area contributed by atoms with E-state index in [9.17, 15) is 4.79 Å². The van der Waals surface area contributed by atoms with Crippen molar-refractivity contribution in [2.75, 3.05) is 66.1 Å². The van der Waals surface area contributed by atoms with Crippen LogP contribution in [0.4, 0.5) is 0 Å². The quantitative estimate of drug-likeness (QED) is 0.594. The molecule has 2 fully saturated rings. The topological polar surface area (TPSA) is 54.5 Å². The summed E-state index contributed by atoms with van der Waals surface area (Å²) in [5, 5.41) is 0. The van der Waals surface area contributed by atoms with Gasteiger partial charge in [-0.15, -0.1) is 0 Å². The molecule has 0 radical (unpaired) electrons. The van der Waals surface area contributed by atoms with E-state index in [1.165, 1.54) is 5.56 Å². The SMILES string of the molecule is CC(C)Oc1ccc([C@H]2CN(C(=O)c3ccccc3OCCN3CCOCC3)CCN2C)cc1. The van der Waals surface area contributed by atoms with Gasteiger partial charge >= 0.3 is 0 Å². The lowest BCUT2D eigenvalue weighted by Gasteiger charge is -2.40. The Hall–Kier alpha value is -2.61. The van der Waals surface area contributed by atoms with E-state index in [0.717, 1.165) is 45.1 Å². The monoisotopic (exact) mass is 467 g/mol. The fourth-order valence-electron chi connectivity index (χ4n) is 4.51. The Bertz CT molecular complexity index is 928. The number of ether oxygens (including phenoxy) is 3. The van der Waals surface area contributed by atoms with Crippen LogP contribution >= 0.6 is 0 Å². The maximum atomic E-state index is 13.5. The maximum absolute atomic E-state index is 13.5. The van der Waals surface area contributed by atoms with Gasteiger partial charge in [0.25, 0.3) is 5.91 Å². The first-order valence-electron chi connectivity index (χ1n) is 12.3. The van der Waals surface area contributed by atoms with Gasteiger partial charge in [0, 0.05) is 39.3 Å². The van der Waals surface area contributed by atoms with Crippen molar-refractivity contribution in [3.8, 4) is 11.5 Å². The summed E-state index contributed by atoms with van der Waals surface area (Å²) in [6.07, 6.45) is 0.146. The third kappa shape index (κ3) is 6.29. The normalized spacial score (nSPS) is 19.9. The molecule has 1 atom stereocenters. The number of hydrogen-bond acceptors (Lipinski definition) is 6. The molecule has 0 unspecified atom stereocenters. The first-order chi connectivity index (χ1) is 16.5. The molecule has 2 aliphatic heterocycles. The summed E-state index contributed by atoms with van der Waals surface area (Å²) in [5.41, 5.74) is 1.82. The smallest absolute Gasteiger partial charge is 0.257 e. The summed E-state index contributed by atoms with van der Waals surface area (Å²) in [6, 6.07) is 16.0. The van der Waals surface area contributed by atoms with Crippen LogP contribution in [0.15, 0.2) is 48.5 Å². The number of hydrogen-bond donors (Lipinski definition) is 0. The molecule has 2 aliphatic rings. The van der Waals surface area contributed by atoms with Gasteiger partial charge in [-0.2, -0.15) is 0 Å². The average Bonchev–Trinajstić information content (AvgIpc) is 2.85. The Morgan fingerprint density at radius 3 is 2.50 bits per heavy atom. The van der Waals surface area contributed by atoms with Gasteiger partial charge in [0.1, 0.15) is 18.1 Å². The number of para-hydroxylation sites is 1. The van der Waals surface area contributed by atoms with E-state index in [-0.39, 0.29) is 18.1 Å². The van der Waals surface area contributed by atoms with Crippen LogP contribution in [-0.4, -0.2) is 92.8 Å². The second-order valence-electron chi connectivity index (χ2n) is 9.28. The van der Waals surface area contributed by atoms with Gasteiger partial charge < -0.3 is 19.1 Å². The third-order valence-electron chi connectivity index (χ3n) is 6.46. The Labute approximate surface area is 203 Å². The lowest BCUT2D eigenvalue weighted by atomic mass is 10.0. The molecule has 34 heavy (non-hydrogen) atoms. The third-order valence-corrected chi connectivity index (χ3v) is 6.46. The van der Waals surface area contributed by atoms with E-state index in [0.29, 0.717) is 31.0 Å². The lowest BCUT2D eigenvalue weighted by Crippen LogP contribution is -2.49. The zero-order valence-electron chi connectivity index (χ0n) is 20.6. The van der Waals surface area contributed by atoms with E-state index in [1.54, 1.807) is 0 Å². The number of rotatable bonds is 8. The summed E-state index contributed by atoms with van der Waals surface area (Å²) in [4.78, 5) is 20.1. The first kappa shape index (κ1) is 24.5. The molecule has 0 saturated carbocycles. The number of benzene rings is 2. The highest BCUT2D eigenvalue weighted by atomic mass is 16.5. The molecule has 0 aromatic heterocycles. The van der Waals surface area contributed by atoms with Crippen LogP contribution in [0.3, 0.4) is 0 Å². The summed E-state index contributed by atoms with van der Waals surface area (Å²) in [5.74, 6) is 1.56. The van der Waals surface area contributed by atoms with E-state index in [4.69, 9.17) is 14.2 Å². The van der Waals surface area contributed by atoms with Gasteiger partial charge in [0.15, 0.2) is 0 Å². The Balaban J connectivity index is 1.40. The van der Waals surface area contributed by atoms with E-state index < -0.39 is 0 Å². The molecule has 7 nitrogen and oxygen atoms in total. The number of piperazine rings is 1. The fourth-order valence-corrected chi connectivity index (χ4v) is 4.51. The number of likely N-dealkylation sites (N-methyl/N-ethyl adjacent to an activating group) is 1. The van der Waals surface area contributed by atoms with Crippen molar-refractivity contribution in [2.45, 2.75) is 26.0 Å². The van der Waals surface area contributed by atoms with Crippen molar-refractivity contribution < 1.29 is 19.0 Å². The molecule has 0 N–H and O–H groups in total. The minimum atomic E-state index is 0.0276. The summed E-state index contributed by atoms with van der Waals surface area (Å²) in [6.45, 7) is 11.0. The van der Waals surface area contributed by atoms with Crippen LogP contribution in [0, 0.1) is 0 Å². The predicted molar refractivity (Wildman–Crippen MR) is 133 cm³/mol. The van der Waals surface area contributed by atoms with Crippen LogP contribution < -0.4 is 9.47 Å². The number of carbonyl (C=O) groups is 1. The molecule has 0 bridgehead atoms. The fraction of sp³-hybridized carbons (Fsp3) is 0.519. The second-order valence-corrected chi connectivity index (χ2v) is 9.28. The molecule has 0 spiro atoms. The summed E-state index contributed by atoms with van der Waals surface area (Å²) in [7, 11) is 2.12. The van der Waals surface area contributed by atoms with Gasteiger partial charge in [0.05, 0.1) is 30.9 Å². The van der Waals surface area contributed by atoms with Crippen molar-refractivity contribution in [3.05, 3.63) is 59.7 Å². The van der Waals surface area contributed by atoms with E-state index in [1.807, 2.05) is 55.1 Å². The zero-order chi connectivity index (χ0) is 23.9. The first-order valence-corrected chi connectivity index (χ1v) is 12.3. The van der Waals surface area contributed by atoms with Crippen molar-refractivity contribution in [3.63, 3.8) is 0 Å². The van der Waals surface area contributed by atoms with Crippen molar-refractivity contribution >= 4 is 5.91 Å². The zero-order valence-corrected chi connectivity index (χ0v) is 20.6. The van der Waals surface area contributed by atoms with Gasteiger partial charge in [-0.1, -0.05) is 24.3 Å². The molecular formula is C27H37N3O4. The summed E-state index contributed by atoms with van der Waals surface area (Å²) < 4.78 is 17.3. The Morgan fingerprint density at radius 2 is 1.76 bits per heavy atom. The van der Waals surface area contributed by atoms with Crippen molar-refractivity contribution in [2.24, 2.45) is 0 Å². The molecule has 7 heteroatoms. The van der Waals surface area contributed by atoms with Gasteiger partial charge in [0.2, 0.25) is 0 Å². The van der Waals surface area contributed by atoms with Crippen LogP contribution in [-0.2, 0) is 4.74 Å². The standard InChI is InChI=1S/C27H37N3O4/c1-21(2)34-23-10-8-22(9-11-23)25-20-30(13-12-28(25)3)27(31)24-6-4-5-7-26(24)33-19-16-29-14-17-32-18-15-29/h4-11,21,25H,12-20H2,1-3H3/t25-/m1/s1. The highest BCUT2D eigenvalue weighted by Gasteiger charge is 2.30. The maximum Gasteiger partial charge on any atom is 0.257 e. The largest absolute Gasteiger partial charge is 0.491 e. The Kier molecular flexibility index (Phi) is 8.43. The molecule has 4 rings (SSSR count). The van der Waals surface area contributed by atoms with Crippen LogP contribution in [0.25, 0.3) is 0 Å². The number of carbonyl (C=O) groups excluding carboxylic acids is 1. The molecule has 2 aromatic carbocycles. The van der Waals surface area contributed by atoms with Crippen LogP contribution in [0.2, 0.25) is 0 Å². The molecule has 1 amide bonds. The van der Waals surface area contributed by atoms with Gasteiger partial charge in [-0.05, 0) is 50.7 Å². The minimum absolute atomic E-state index is 0.0276. The predicted octanol–water partition coefficient (Wildman–Crippen LogP) is 3.31.